The van der Waals surface area contributed by atoms with E-state index in [0.717, 1.165) is 38.5 Å². The van der Waals surface area contributed by atoms with Gasteiger partial charge in [-0.3, -0.25) is 10.1 Å². The largest absolute Gasteiger partial charge is 0.333 e. The highest BCUT2D eigenvalue weighted by atomic mass is 31.2. The predicted molar refractivity (Wildman–Crippen MR) is 84.6 cm³/mol. The van der Waals surface area contributed by atoms with Gasteiger partial charge in [0.05, 0.1) is 5.16 Å². The van der Waals surface area contributed by atoms with Crippen LogP contribution in [0.5, 0.6) is 0 Å². The lowest BCUT2D eigenvalue weighted by atomic mass is 9.95. The molecular formula is C15H34NO2P. The van der Waals surface area contributed by atoms with Gasteiger partial charge < -0.3 is 4.89 Å². The van der Waals surface area contributed by atoms with Crippen molar-refractivity contribution >= 4 is 7.52 Å². The first-order chi connectivity index (χ1) is 8.87. The van der Waals surface area contributed by atoms with Gasteiger partial charge in [-0.1, -0.05) is 71.6 Å². The Bertz CT molecular complexity index is 265. The Labute approximate surface area is 119 Å². The van der Waals surface area contributed by atoms with E-state index in [1.807, 2.05) is 6.92 Å². The summed E-state index contributed by atoms with van der Waals surface area (Å²) >= 11 is 0. The summed E-state index contributed by atoms with van der Waals surface area (Å²) < 4.78 is 12.0. The minimum Gasteiger partial charge on any atom is -0.333 e. The normalized spacial score (nSPS) is 17.9. The standard InChI is InChI=1S/C15H34NO2P/c1-4-6-8-10-12-14-15(3,19(16,17)18)13-11-9-7-5-2/h4-14H2,1-3H3,(H3,16,17,18). The zero-order valence-electron chi connectivity index (χ0n) is 13.2. The number of hydrogen-bond donors (Lipinski definition) is 2. The van der Waals surface area contributed by atoms with Crippen LogP contribution in [0, 0.1) is 0 Å². The molecule has 0 amide bonds. The third kappa shape index (κ3) is 8.12. The second-order valence-electron chi connectivity index (χ2n) is 6.09. The highest BCUT2D eigenvalue weighted by Crippen LogP contribution is 2.52. The second kappa shape index (κ2) is 9.96. The van der Waals surface area contributed by atoms with Gasteiger partial charge in [-0.05, 0) is 19.8 Å². The average Bonchev–Trinajstić information content (AvgIpc) is 2.33. The van der Waals surface area contributed by atoms with Crippen LogP contribution in [-0.2, 0) is 4.57 Å². The van der Waals surface area contributed by atoms with Gasteiger partial charge in [0.2, 0.25) is 0 Å². The average molecular weight is 291 g/mol. The molecule has 0 aromatic carbocycles. The van der Waals surface area contributed by atoms with Crippen LogP contribution < -0.4 is 5.50 Å². The van der Waals surface area contributed by atoms with Gasteiger partial charge in [-0.2, -0.15) is 0 Å². The van der Waals surface area contributed by atoms with E-state index >= 15 is 0 Å². The third-order valence-corrected chi connectivity index (χ3v) is 6.16. The van der Waals surface area contributed by atoms with E-state index in [1.165, 1.54) is 32.1 Å². The van der Waals surface area contributed by atoms with Crippen molar-refractivity contribution in [1.82, 2.24) is 0 Å². The summed E-state index contributed by atoms with van der Waals surface area (Å²) in [5.41, 5.74) is 5.58. The number of unbranched alkanes of at least 4 members (excludes halogenated alkanes) is 7. The summed E-state index contributed by atoms with van der Waals surface area (Å²) in [5.74, 6) is 0. The number of rotatable bonds is 12. The molecular weight excluding hydrogens is 257 g/mol. The monoisotopic (exact) mass is 291 g/mol. The Morgan fingerprint density at radius 3 is 1.63 bits per heavy atom. The molecule has 0 saturated heterocycles. The zero-order valence-corrected chi connectivity index (χ0v) is 14.1. The topological polar surface area (TPSA) is 63.3 Å². The molecule has 0 aliphatic carbocycles. The molecule has 19 heavy (non-hydrogen) atoms. The van der Waals surface area contributed by atoms with E-state index in [2.05, 4.69) is 13.8 Å². The fourth-order valence-corrected chi connectivity index (χ4v) is 3.44. The molecule has 0 bridgehead atoms. The summed E-state index contributed by atoms with van der Waals surface area (Å²) in [6.07, 6.45) is 12.0. The molecule has 0 heterocycles. The van der Waals surface area contributed by atoms with Gasteiger partial charge in [0.25, 0.3) is 7.52 Å². The second-order valence-corrected chi connectivity index (χ2v) is 8.42. The molecule has 0 aromatic heterocycles. The molecule has 4 heteroatoms. The fraction of sp³-hybridized carbons (Fsp3) is 1.00. The Balaban J connectivity index is 4.17. The van der Waals surface area contributed by atoms with Gasteiger partial charge in [0.1, 0.15) is 0 Å². The van der Waals surface area contributed by atoms with Gasteiger partial charge in [0, 0.05) is 0 Å². The molecule has 116 valence electrons. The SMILES string of the molecule is CCCCCCCC(C)(CCCCCC)P(N)(=O)O. The highest BCUT2D eigenvalue weighted by Gasteiger charge is 2.39. The van der Waals surface area contributed by atoms with Gasteiger partial charge in [0.15, 0.2) is 0 Å². The molecule has 0 aromatic rings. The first-order valence-corrected chi connectivity index (χ1v) is 9.71. The lowest BCUT2D eigenvalue weighted by Crippen LogP contribution is -2.28. The van der Waals surface area contributed by atoms with Crippen LogP contribution in [0.3, 0.4) is 0 Å². The van der Waals surface area contributed by atoms with E-state index in [0.29, 0.717) is 0 Å². The molecule has 0 fully saturated rings. The molecule has 3 N–H and O–H groups in total. The summed E-state index contributed by atoms with van der Waals surface area (Å²) in [6, 6.07) is 0. The third-order valence-electron chi connectivity index (χ3n) is 4.16. The van der Waals surface area contributed by atoms with Crippen molar-refractivity contribution in [2.75, 3.05) is 0 Å². The minimum atomic E-state index is -3.49. The van der Waals surface area contributed by atoms with E-state index in [4.69, 9.17) is 5.50 Å². The Morgan fingerprint density at radius 2 is 1.26 bits per heavy atom. The van der Waals surface area contributed by atoms with E-state index in [9.17, 15) is 9.46 Å². The molecule has 2 unspecified atom stereocenters. The Hall–Kier alpha value is 0.150. The summed E-state index contributed by atoms with van der Waals surface area (Å²) in [4.78, 5) is 9.83. The number of nitrogens with two attached hydrogens (primary N) is 1. The number of hydrogen-bond acceptors (Lipinski definition) is 1. The lowest BCUT2D eigenvalue weighted by molar-refractivity contribution is 0.382. The van der Waals surface area contributed by atoms with Crippen LogP contribution >= 0.6 is 7.52 Å². The van der Waals surface area contributed by atoms with Crippen LogP contribution in [0.1, 0.15) is 91.4 Å². The molecule has 0 spiro atoms. The lowest BCUT2D eigenvalue weighted by Gasteiger charge is -2.31. The molecule has 0 aliphatic rings. The molecule has 2 atom stereocenters. The van der Waals surface area contributed by atoms with Crippen LogP contribution in [0.2, 0.25) is 0 Å². The fourth-order valence-electron chi connectivity index (χ4n) is 2.49. The predicted octanol–water partition coefficient (Wildman–Crippen LogP) is 5.22. The van der Waals surface area contributed by atoms with Gasteiger partial charge in [-0.15, -0.1) is 0 Å². The van der Waals surface area contributed by atoms with E-state index < -0.39 is 12.7 Å². The summed E-state index contributed by atoms with van der Waals surface area (Å²) in [6.45, 7) is 6.27. The first kappa shape index (κ1) is 19.1. The maximum Gasteiger partial charge on any atom is 0.270 e. The van der Waals surface area contributed by atoms with Crippen LogP contribution in [0.25, 0.3) is 0 Å². The Kier molecular flexibility index (Phi) is 10.0. The Morgan fingerprint density at radius 1 is 0.895 bits per heavy atom. The smallest absolute Gasteiger partial charge is 0.270 e. The quantitative estimate of drug-likeness (QED) is 0.383. The molecule has 0 saturated carbocycles. The molecule has 0 aliphatic heterocycles. The molecule has 0 radical (unpaired) electrons. The zero-order chi connectivity index (χ0) is 14.8. The van der Waals surface area contributed by atoms with E-state index in [-0.39, 0.29) is 0 Å². The van der Waals surface area contributed by atoms with Crippen molar-refractivity contribution < 1.29 is 9.46 Å². The maximum atomic E-state index is 12.0. The van der Waals surface area contributed by atoms with Crippen molar-refractivity contribution in [3.05, 3.63) is 0 Å². The van der Waals surface area contributed by atoms with Crippen molar-refractivity contribution in [3.63, 3.8) is 0 Å². The highest BCUT2D eigenvalue weighted by molar-refractivity contribution is 7.57. The maximum absolute atomic E-state index is 12.0. The van der Waals surface area contributed by atoms with Gasteiger partial charge in [-0.25, -0.2) is 0 Å². The molecule has 3 nitrogen and oxygen atoms in total. The van der Waals surface area contributed by atoms with Crippen LogP contribution in [0.15, 0.2) is 0 Å². The van der Waals surface area contributed by atoms with Crippen molar-refractivity contribution in [3.8, 4) is 0 Å². The van der Waals surface area contributed by atoms with Crippen molar-refractivity contribution in [2.45, 2.75) is 96.6 Å². The van der Waals surface area contributed by atoms with Crippen LogP contribution in [-0.4, -0.2) is 10.0 Å². The minimum absolute atomic E-state index is 0.576. The molecule has 0 rings (SSSR count). The van der Waals surface area contributed by atoms with Crippen molar-refractivity contribution in [1.29, 1.82) is 0 Å². The van der Waals surface area contributed by atoms with E-state index in [1.54, 1.807) is 0 Å². The first-order valence-electron chi connectivity index (χ1n) is 7.99. The van der Waals surface area contributed by atoms with Crippen LogP contribution in [0.4, 0.5) is 0 Å². The van der Waals surface area contributed by atoms with Crippen molar-refractivity contribution in [2.24, 2.45) is 5.50 Å². The summed E-state index contributed by atoms with van der Waals surface area (Å²) in [7, 11) is -3.49. The summed E-state index contributed by atoms with van der Waals surface area (Å²) in [5, 5.41) is -0.576. The van der Waals surface area contributed by atoms with Gasteiger partial charge >= 0.3 is 0 Å².